The van der Waals surface area contributed by atoms with Crippen LogP contribution >= 0.6 is 0 Å². The van der Waals surface area contributed by atoms with Crippen molar-refractivity contribution in [1.82, 2.24) is 9.97 Å². The maximum Gasteiger partial charge on any atom is 0.339 e. The van der Waals surface area contributed by atoms with Crippen LogP contribution in [0.2, 0.25) is 0 Å². The third-order valence-electron chi connectivity index (χ3n) is 5.50. The minimum Gasteiger partial charge on any atom is -0.477 e. The molecule has 4 aromatic rings. The third-order valence-corrected chi connectivity index (χ3v) is 5.50. The summed E-state index contributed by atoms with van der Waals surface area (Å²) in [7, 11) is 1.35. The van der Waals surface area contributed by atoms with Gasteiger partial charge < -0.3 is 14.2 Å². The molecule has 4 rings (SSSR count). The van der Waals surface area contributed by atoms with Crippen LogP contribution in [0.3, 0.4) is 0 Å². The summed E-state index contributed by atoms with van der Waals surface area (Å²) < 4.78 is 30.1. The molecule has 0 bridgehead atoms. The van der Waals surface area contributed by atoms with Gasteiger partial charge >= 0.3 is 5.97 Å². The highest BCUT2D eigenvalue weighted by Gasteiger charge is 2.21. The van der Waals surface area contributed by atoms with Crippen molar-refractivity contribution in [3.8, 4) is 17.3 Å². The number of fused-ring (bicyclic) bond motifs is 1. The van der Waals surface area contributed by atoms with E-state index in [0.29, 0.717) is 43.3 Å². The molecule has 0 saturated heterocycles. The fraction of sp³-hybridized carbons (Fsp3) is 0.250. The molecule has 0 spiro atoms. The lowest BCUT2D eigenvalue weighted by atomic mass is 10.1. The molecule has 0 aliphatic carbocycles. The number of carbonyl (C=O) groups is 1. The highest BCUT2D eigenvalue weighted by molar-refractivity contribution is 5.85. The molecule has 1 unspecified atom stereocenters. The van der Waals surface area contributed by atoms with Crippen molar-refractivity contribution in [1.29, 1.82) is 0 Å². The number of aromatic nitrogens is 2. The Kier molecular flexibility index (Phi) is 8.00. The molecule has 1 aromatic heterocycles. The molecule has 6 nitrogen and oxygen atoms in total. The zero-order valence-corrected chi connectivity index (χ0v) is 19.7. The van der Waals surface area contributed by atoms with Crippen molar-refractivity contribution < 1.29 is 23.4 Å². The molecule has 0 saturated carbocycles. The molecule has 0 amide bonds. The minimum atomic E-state index is -0.755. The molecule has 0 radical (unpaired) electrons. The molecule has 7 heteroatoms. The van der Waals surface area contributed by atoms with Crippen LogP contribution < -0.4 is 4.74 Å². The second-order valence-electron chi connectivity index (χ2n) is 8.12. The molecule has 0 fully saturated rings. The first-order valence-electron chi connectivity index (χ1n) is 11.5. The van der Waals surface area contributed by atoms with Crippen LogP contribution in [0, 0.1) is 12.7 Å². The maximum absolute atomic E-state index is 13.4. The Balaban J connectivity index is 1.39. The lowest BCUT2D eigenvalue weighted by Gasteiger charge is -2.16. The Bertz CT molecular complexity index is 1280. The van der Waals surface area contributed by atoms with E-state index in [9.17, 15) is 9.18 Å². The number of rotatable bonds is 10. The van der Waals surface area contributed by atoms with Crippen molar-refractivity contribution in [2.24, 2.45) is 0 Å². The number of ether oxygens (including phenoxy) is 3. The van der Waals surface area contributed by atoms with Gasteiger partial charge in [0.05, 0.1) is 24.6 Å². The van der Waals surface area contributed by atoms with Crippen molar-refractivity contribution in [2.45, 2.75) is 25.9 Å². The lowest BCUT2D eigenvalue weighted by Crippen LogP contribution is -2.18. The molecule has 0 aliphatic heterocycles. The van der Waals surface area contributed by atoms with Gasteiger partial charge in [-0.25, -0.2) is 14.2 Å². The van der Waals surface area contributed by atoms with E-state index < -0.39 is 12.1 Å². The Morgan fingerprint density at radius 3 is 2.43 bits per heavy atom. The van der Waals surface area contributed by atoms with E-state index in [-0.39, 0.29) is 5.82 Å². The third kappa shape index (κ3) is 6.19. The number of halogens is 1. The minimum absolute atomic E-state index is 0.314. The SMILES string of the molecule is COC(=O)C(OCCCCOc1nc(-c2ccc(F)cc2)nc2cc(C)ccc12)c1ccccc1. The average molecular weight is 475 g/mol. The van der Waals surface area contributed by atoms with Gasteiger partial charge in [-0.3, -0.25) is 0 Å². The highest BCUT2D eigenvalue weighted by atomic mass is 19.1. The van der Waals surface area contributed by atoms with Crippen molar-refractivity contribution in [2.75, 3.05) is 20.3 Å². The maximum atomic E-state index is 13.4. The normalized spacial score (nSPS) is 11.9. The van der Waals surface area contributed by atoms with Crippen molar-refractivity contribution >= 4 is 16.9 Å². The summed E-state index contributed by atoms with van der Waals surface area (Å²) >= 11 is 0. The number of nitrogens with zero attached hydrogens (tertiary/aromatic N) is 2. The number of aryl methyl sites for hydroxylation is 1. The summed E-state index contributed by atoms with van der Waals surface area (Å²) in [5.74, 6) is 0.214. The molecule has 0 aliphatic rings. The van der Waals surface area contributed by atoms with E-state index in [4.69, 9.17) is 14.2 Å². The Labute approximate surface area is 203 Å². The second kappa shape index (κ2) is 11.5. The predicted octanol–water partition coefficient (Wildman–Crippen LogP) is 5.83. The number of hydrogen-bond donors (Lipinski definition) is 0. The van der Waals surface area contributed by atoms with Gasteiger partial charge in [-0.1, -0.05) is 36.4 Å². The Morgan fingerprint density at radius 1 is 0.943 bits per heavy atom. The summed E-state index contributed by atoms with van der Waals surface area (Å²) in [6.07, 6.45) is 0.633. The fourth-order valence-electron chi connectivity index (χ4n) is 3.66. The smallest absolute Gasteiger partial charge is 0.339 e. The number of unbranched alkanes of at least 4 members (excludes halogenated alkanes) is 1. The van der Waals surface area contributed by atoms with Crippen LogP contribution in [0.15, 0.2) is 72.8 Å². The quantitative estimate of drug-likeness (QED) is 0.213. The largest absolute Gasteiger partial charge is 0.477 e. The fourth-order valence-corrected chi connectivity index (χ4v) is 3.66. The highest BCUT2D eigenvalue weighted by Crippen LogP contribution is 2.28. The molecule has 3 aromatic carbocycles. The topological polar surface area (TPSA) is 70.5 Å². The second-order valence-corrected chi connectivity index (χ2v) is 8.12. The number of benzene rings is 3. The molecule has 0 N–H and O–H groups in total. The van der Waals surface area contributed by atoms with E-state index >= 15 is 0 Å². The van der Waals surface area contributed by atoms with Gasteiger partial charge in [0, 0.05) is 12.2 Å². The van der Waals surface area contributed by atoms with Crippen molar-refractivity contribution in [3.05, 3.63) is 89.7 Å². The van der Waals surface area contributed by atoms with E-state index in [1.54, 1.807) is 12.1 Å². The Morgan fingerprint density at radius 2 is 1.69 bits per heavy atom. The van der Waals surface area contributed by atoms with Crippen LogP contribution in [0.4, 0.5) is 4.39 Å². The standard InChI is InChI=1S/C28H27FN2O4/c1-19-10-15-23-24(18-19)30-26(21-11-13-22(29)14-12-21)31-27(23)35-17-7-6-16-34-25(28(32)33-2)20-8-4-3-5-9-20/h3-5,8-15,18,25H,6-7,16-17H2,1-2H3. The van der Waals surface area contributed by atoms with Gasteiger partial charge in [0.25, 0.3) is 0 Å². The average Bonchev–Trinajstić information content (AvgIpc) is 2.88. The first-order valence-corrected chi connectivity index (χ1v) is 11.5. The zero-order chi connectivity index (χ0) is 24.6. The number of methoxy groups -OCH3 is 1. The van der Waals surface area contributed by atoms with E-state index in [1.807, 2.05) is 55.5 Å². The number of carbonyl (C=O) groups excluding carboxylic acids is 1. The summed E-state index contributed by atoms with van der Waals surface area (Å²) in [5, 5.41) is 0.813. The van der Waals surface area contributed by atoms with Crippen molar-refractivity contribution in [3.63, 3.8) is 0 Å². The zero-order valence-electron chi connectivity index (χ0n) is 19.7. The Hall–Kier alpha value is -3.84. The summed E-state index contributed by atoms with van der Waals surface area (Å²) in [4.78, 5) is 21.4. The van der Waals surface area contributed by atoms with Gasteiger partial charge in [-0.2, -0.15) is 4.98 Å². The van der Waals surface area contributed by atoms with Crippen LogP contribution in [-0.2, 0) is 14.3 Å². The van der Waals surface area contributed by atoms with E-state index in [1.165, 1.54) is 19.2 Å². The van der Waals surface area contributed by atoms with Gasteiger partial charge in [0.2, 0.25) is 5.88 Å². The van der Waals surface area contributed by atoms with Gasteiger partial charge in [0.1, 0.15) is 5.82 Å². The first kappa shape index (κ1) is 24.3. The van der Waals surface area contributed by atoms with Gasteiger partial charge in [-0.15, -0.1) is 0 Å². The number of esters is 1. The molecular weight excluding hydrogens is 447 g/mol. The lowest BCUT2D eigenvalue weighted by molar-refractivity contribution is -0.154. The first-order chi connectivity index (χ1) is 17.0. The number of hydrogen-bond acceptors (Lipinski definition) is 6. The van der Waals surface area contributed by atoms with Crippen LogP contribution in [0.25, 0.3) is 22.3 Å². The summed E-state index contributed by atoms with van der Waals surface area (Å²) in [6.45, 7) is 2.79. The van der Waals surface area contributed by atoms with Crippen LogP contribution in [0.5, 0.6) is 5.88 Å². The summed E-state index contributed by atoms with van der Waals surface area (Å²) in [5.41, 5.74) is 3.30. The van der Waals surface area contributed by atoms with E-state index in [0.717, 1.165) is 22.0 Å². The van der Waals surface area contributed by atoms with Gasteiger partial charge in [0.15, 0.2) is 11.9 Å². The van der Waals surface area contributed by atoms with Crippen LogP contribution in [0.1, 0.15) is 30.1 Å². The predicted molar refractivity (Wildman–Crippen MR) is 132 cm³/mol. The van der Waals surface area contributed by atoms with Crippen LogP contribution in [-0.4, -0.2) is 36.3 Å². The molecule has 1 atom stereocenters. The monoisotopic (exact) mass is 474 g/mol. The summed E-state index contributed by atoms with van der Waals surface area (Å²) in [6, 6.07) is 21.3. The van der Waals surface area contributed by atoms with E-state index in [2.05, 4.69) is 9.97 Å². The van der Waals surface area contributed by atoms with Gasteiger partial charge in [-0.05, 0) is 67.3 Å². The molecular formula is C28H27FN2O4. The molecule has 1 heterocycles. The molecule has 180 valence electrons. The molecule has 35 heavy (non-hydrogen) atoms.